The summed E-state index contributed by atoms with van der Waals surface area (Å²) >= 11 is 1.55. The van der Waals surface area contributed by atoms with E-state index < -0.39 is 0 Å². The molecule has 1 N–H and O–H groups in total. The zero-order chi connectivity index (χ0) is 16.4. The number of imidazole rings is 1. The van der Waals surface area contributed by atoms with Gasteiger partial charge in [0, 0.05) is 31.6 Å². The van der Waals surface area contributed by atoms with E-state index >= 15 is 0 Å². The third-order valence-corrected chi connectivity index (χ3v) is 5.05. The molecule has 0 unspecified atom stereocenters. The summed E-state index contributed by atoms with van der Waals surface area (Å²) < 4.78 is 1.82. The maximum Gasteiger partial charge on any atom is 0.222 e. The Kier molecular flexibility index (Phi) is 4.17. The lowest BCUT2D eigenvalue weighted by Gasteiger charge is -2.14. The molecule has 0 aliphatic carbocycles. The molecule has 3 heterocycles. The van der Waals surface area contributed by atoms with E-state index in [1.807, 2.05) is 45.9 Å². The number of anilines is 1. The molecule has 0 atom stereocenters. The maximum absolute atomic E-state index is 11.6. The summed E-state index contributed by atoms with van der Waals surface area (Å²) in [6, 6.07) is 10.1. The zero-order valence-corrected chi connectivity index (χ0v) is 14.1. The van der Waals surface area contributed by atoms with Gasteiger partial charge in [-0.1, -0.05) is 41.7 Å². The number of nitrogens with one attached hydrogen (secondary N) is 1. The van der Waals surface area contributed by atoms with Gasteiger partial charge in [0.1, 0.15) is 0 Å². The van der Waals surface area contributed by atoms with Gasteiger partial charge in [-0.25, -0.2) is 9.50 Å². The van der Waals surface area contributed by atoms with Gasteiger partial charge < -0.3 is 10.2 Å². The molecule has 1 aromatic carbocycles. The molecule has 124 valence electrons. The summed E-state index contributed by atoms with van der Waals surface area (Å²) in [7, 11) is 0. The average molecular weight is 341 g/mol. The fourth-order valence-electron chi connectivity index (χ4n) is 2.93. The Bertz CT molecular complexity index is 810. The highest BCUT2D eigenvalue weighted by molar-refractivity contribution is 7.20. The van der Waals surface area contributed by atoms with Gasteiger partial charge in [0.05, 0.1) is 11.9 Å². The van der Waals surface area contributed by atoms with E-state index in [4.69, 9.17) is 0 Å². The number of rotatable bonds is 6. The summed E-state index contributed by atoms with van der Waals surface area (Å²) in [6.45, 7) is 2.55. The molecule has 3 aromatic rings. The predicted molar refractivity (Wildman–Crippen MR) is 95.2 cm³/mol. The number of hydrogen-bond acceptors (Lipinski definition) is 5. The Labute approximate surface area is 144 Å². The van der Waals surface area contributed by atoms with Crippen molar-refractivity contribution >= 4 is 27.3 Å². The van der Waals surface area contributed by atoms with Crippen molar-refractivity contribution in [3.8, 4) is 11.3 Å². The van der Waals surface area contributed by atoms with Crippen molar-refractivity contribution in [1.82, 2.24) is 19.5 Å². The molecule has 1 saturated heterocycles. The van der Waals surface area contributed by atoms with Crippen LogP contribution in [0.15, 0.2) is 36.5 Å². The molecular formula is C17H19N5OS. The molecule has 1 aliphatic heterocycles. The molecule has 0 saturated carbocycles. The molecule has 24 heavy (non-hydrogen) atoms. The van der Waals surface area contributed by atoms with Crippen molar-refractivity contribution in [2.24, 2.45) is 0 Å². The van der Waals surface area contributed by atoms with Crippen LogP contribution in [0, 0.1) is 0 Å². The SMILES string of the molecule is O=C1CCCN1CCCNc1nn2cc(-c3ccccc3)nc2s1. The van der Waals surface area contributed by atoms with Crippen LogP contribution in [0.25, 0.3) is 16.2 Å². The van der Waals surface area contributed by atoms with E-state index in [2.05, 4.69) is 15.4 Å². The van der Waals surface area contributed by atoms with Crippen LogP contribution in [0.5, 0.6) is 0 Å². The monoisotopic (exact) mass is 341 g/mol. The van der Waals surface area contributed by atoms with Gasteiger partial charge in [-0.05, 0) is 12.8 Å². The number of carbonyl (C=O) groups is 1. The summed E-state index contributed by atoms with van der Waals surface area (Å²) in [4.78, 5) is 19.0. The molecule has 1 fully saturated rings. The second-order valence-electron chi connectivity index (χ2n) is 5.89. The number of hydrogen-bond donors (Lipinski definition) is 1. The van der Waals surface area contributed by atoms with Crippen LogP contribution in [-0.4, -0.2) is 45.0 Å². The second-order valence-corrected chi connectivity index (χ2v) is 6.85. The van der Waals surface area contributed by atoms with Gasteiger partial charge in [-0.3, -0.25) is 4.79 Å². The Morgan fingerprint density at radius 2 is 2.12 bits per heavy atom. The zero-order valence-electron chi connectivity index (χ0n) is 13.3. The van der Waals surface area contributed by atoms with Crippen LogP contribution in [0.4, 0.5) is 5.13 Å². The summed E-state index contributed by atoms with van der Waals surface area (Å²) in [5, 5.41) is 8.72. The van der Waals surface area contributed by atoms with Gasteiger partial charge >= 0.3 is 0 Å². The molecule has 7 heteroatoms. The standard InChI is InChI=1S/C17H19N5OS/c23-15-8-4-10-21(15)11-5-9-18-16-20-22-12-14(19-17(22)24-16)13-6-2-1-3-7-13/h1-3,6-7,12H,4-5,8-11H2,(H,18,20). The summed E-state index contributed by atoms with van der Waals surface area (Å²) in [5.74, 6) is 0.288. The van der Waals surface area contributed by atoms with Crippen LogP contribution in [-0.2, 0) is 4.79 Å². The summed E-state index contributed by atoms with van der Waals surface area (Å²) in [6.07, 6.45) is 4.60. The van der Waals surface area contributed by atoms with Crippen molar-refractivity contribution in [2.75, 3.05) is 25.0 Å². The quantitative estimate of drug-likeness (QED) is 0.700. The highest BCUT2D eigenvalue weighted by Gasteiger charge is 2.19. The van der Waals surface area contributed by atoms with Gasteiger partial charge in [-0.15, -0.1) is 5.10 Å². The number of carbonyl (C=O) groups excluding carboxylic acids is 1. The largest absolute Gasteiger partial charge is 0.360 e. The molecule has 6 nitrogen and oxygen atoms in total. The molecular weight excluding hydrogens is 322 g/mol. The second kappa shape index (κ2) is 6.60. The van der Waals surface area contributed by atoms with E-state index in [0.717, 1.165) is 53.8 Å². The van der Waals surface area contributed by atoms with Crippen molar-refractivity contribution in [3.05, 3.63) is 36.5 Å². The highest BCUT2D eigenvalue weighted by Crippen LogP contribution is 2.24. The van der Waals surface area contributed by atoms with Gasteiger partial charge in [0.25, 0.3) is 0 Å². The smallest absolute Gasteiger partial charge is 0.222 e. The lowest BCUT2D eigenvalue weighted by atomic mass is 10.2. The molecule has 0 radical (unpaired) electrons. The fourth-order valence-corrected chi connectivity index (χ4v) is 3.73. The lowest BCUT2D eigenvalue weighted by Crippen LogP contribution is -2.26. The van der Waals surface area contributed by atoms with E-state index in [0.29, 0.717) is 6.42 Å². The number of fused-ring (bicyclic) bond motifs is 1. The minimum absolute atomic E-state index is 0.288. The van der Waals surface area contributed by atoms with Crippen LogP contribution in [0.1, 0.15) is 19.3 Å². The molecule has 0 spiro atoms. The Balaban J connectivity index is 1.34. The van der Waals surface area contributed by atoms with Crippen LogP contribution in [0.2, 0.25) is 0 Å². The highest BCUT2D eigenvalue weighted by atomic mass is 32.1. The van der Waals surface area contributed by atoms with Crippen molar-refractivity contribution in [1.29, 1.82) is 0 Å². The van der Waals surface area contributed by atoms with E-state index in [-0.39, 0.29) is 5.91 Å². The first-order valence-corrected chi connectivity index (χ1v) is 9.04. The average Bonchev–Trinajstić information content (AvgIpc) is 3.27. The topological polar surface area (TPSA) is 62.5 Å². The normalized spacial score (nSPS) is 14.7. The van der Waals surface area contributed by atoms with Gasteiger partial charge in [-0.2, -0.15) is 0 Å². The number of amides is 1. The van der Waals surface area contributed by atoms with Gasteiger partial charge in [0.2, 0.25) is 16.0 Å². The number of likely N-dealkylation sites (tertiary alicyclic amines) is 1. The summed E-state index contributed by atoms with van der Waals surface area (Å²) in [5.41, 5.74) is 2.04. The van der Waals surface area contributed by atoms with E-state index in [1.54, 1.807) is 11.3 Å². The molecule has 4 rings (SSSR count). The first-order chi connectivity index (χ1) is 11.8. The predicted octanol–water partition coefficient (Wildman–Crippen LogP) is 2.88. The Morgan fingerprint density at radius 3 is 2.88 bits per heavy atom. The Morgan fingerprint density at radius 1 is 1.25 bits per heavy atom. The molecule has 2 aromatic heterocycles. The number of benzene rings is 1. The number of nitrogens with zero attached hydrogens (tertiary/aromatic N) is 4. The third kappa shape index (κ3) is 3.12. The van der Waals surface area contributed by atoms with Crippen LogP contribution in [0.3, 0.4) is 0 Å². The fraction of sp³-hybridized carbons (Fsp3) is 0.353. The van der Waals surface area contributed by atoms with Crippen molar-refractivity contribution < 1.29 is 4.79 Å². The first kappa shape index (κ1) is 15.1. The van der Waals surface area contributed by atoms with Crippen molar-refractivity contribution in [3.63, 3.8) is 0 Å². The van der Waals surface area contributed by atoms with Crippen LogP contribution >= 0.6 is 11.3 Å². The molecule has 1 aliphatic rings. The van der Waals surface area contributed by atoms with E-state index in [1.165, 1.54) is 0 Å². The van der Waals surface area contributed by atoms with Crippen molar-refractivity contribution in [2.45, 2.75) is 19.3 Å². The minimum Gasteiger partial charge on any atom is -0.360 e. The van der Waals surface area contributed by atoms with Gasteiger partial charge in [0.15, 0.2) is 0 Å². The lowest BCUT2D eigenvalue weighted by molar-refractivity contribution is -0.127. The molecule has 1 amide bonds. The van der Waals surface area contributed by atoms with E-state index in [9.17, 15) is 4.79 Å². The first-order valence-electron chi connectivity index (χ1n) is 8.23. The molecule has 0 bridgehead atoms. The third-order valence-electron chi connectivity index (χ3n) is 4.17. The maximum atomic E-state index is 11.6. The van der Waals surface area contributed by atoms with Crippen LogP contribution < -0.4 is 5.32 Å². The minimum atomic E-state index is 0.288. The Hall–Kier alpha value is -2.41. The number of aromatic nitrogens is 3.